The summed E-state index contributed by atoms with van der Waals surface area (Å²) in [7, 11) is 1.61. The molecule has 2 saturated heterocycles. The number of carbonyl (C=O) groups excluding carboxylic acids is 2. The minimum Gasteiger partial charge on any atom is -0.496 e. The first kappa shape index (κ1) is 23.8. The Morgan fingerprint density at radius 2 is 1.72 bits per heavy atom. The third-order valence-corrected chi connectivity index (χ3v) is 7.19. The number of methoxy groups -OCH3 is 1. The number of anilines is 2. The lowest BCUT2D eigenvalue weighted by Gasteiger charge is -2.40. The predicted molar refractivity (Wildman–Crippen MR) is 136 cm³/mol. The molecule has 0 radical (unpaired) electrons. The van der Waals surface area contributed by atoms with Gasteiger partial charge in [-0.05, 0) is 81.1 Å². The summed E-state index contributed by atoms with van der Waals surface area (Å²) in [6.07, 6.45) is 5.36. The molecule has 0 saturated carbocycles. The maximum Gasteiger partial charge on any atom is 0.257 e. The molecule has 1 aromatic heterocycles. The third kappa shape index (κ3) is 4.76. The second-order valence-corrected chi connectivity index (χ2v) is 9.43. The van der Waals surface area contributed by atoms with Crippen molar-refractivity contribution in [1.82, 2.24) is 10.3 Å². The molecule has 2 fully saturated rings. The van der Waals surface area contributed by atoms with Gasteiger partial charge in [-0.3, -0.25) is 9.59 Å². The molecule has 3 heterocycles. The number of amides is 2. The van der Waals surface area contributed by atoms with Gasteiger partial charge in [0.1, 0.15) is 17.4 Å². The van der Waals surface area contributed by atoms with Gasteiger partial charge >= 0.3 is 0 Å². The van der Waals surface area contributed by atoms with Crippen LogP contribution in [0.2, 0.25) is 0 Å². The van der Waals surface area contributed by atoms with Crippen molar-refractivity contribution < 1.29 is 18.7 Å². The molecule has 186 valence electrons. The molecule has 5 rings (SSSR count). The Kier molecular flexibility index (Phi) is 6.59. The number of fused-ring (bicyclic) bond motifs is 2. The van der Waals surface area contributed by atoms with Crippen molar-refractivity contribution in [1.29, 1.82) is 0 Å². The van der Waals surface area contributed by atoms with E-state index in [0.717, 1.165) is 37.1 Å². The second-order valence-electron chi connectivity index (χ2n) is 9.43. The number of pyridine rings is 1. The van der Waals surface area contributed by atoms with Crippen molar-refractivity contribution in [2.45, 2.75) is 50.7 Å². The largest absolute Gasteiger partial charge is 0.496 e. The SMILES string of the molecule is COc1cccc(C(=O)NC2CC3CCC(C2)N3c2ccc(C(=O)Nc3ccc(F)cc3)cn2)c1C. The maximum absolute atomic E-state index is 13.1. The Labute approximate surface area is 209 Å². The molecule has 0 spiro atoms. The summed E-state index contributed by atoms with van der Waals surface area (Å²) >= 11 is 0. The lowest BCUT2D eigenvalue weighted by Crippen LogP contribution is -2.50. The van der Waals surface area contributed by atoms with Crippen LogP contribution in [0.3, 0.4) is 0 Å². The van der Waals surface area contributed by atoms with Crippen LogP contribution in [0.5, 0.6) is 5.75 Å². The van der Waals surface area contributed by atoms with Crippen LogP contribution in [0.15, 0.2) is 60.8 Å². The van der Waals surface area contributed by atoms with Gasteiger partial charge < -0.3 is 20.3 Å². The number of halogens is 1. The van der Waals surface area contributed by atoms with Crippen LogP contribution in [-0.4, -0.2) is 42.0 Å². The molecule has 2 aromatic carbocycles. The van der Waals surface area contributed by atoms with E-state index in [1.807, 2.05) is 31.2 Å². The Morgan fingerprint density at radius 1 is 1.00 bits per heavy atom. The first-order chi connectivity index (χ1) is 17.4. The fourth-order valence-corrected chi connectivity index (χ4v) is 5.42. The molecule has 0 aliphatic carbocycles. The van der Waals surface area contributed by atoms with E-state index in [0.29, 0.717) is 22.6 Å². The number of aromatic nitrogens is 1. The highest BCUT2D eigenvalue weighted by atomic mass is 19.1. The van der Waals surface area contributed by atoms with E-state index in [1.165, 1.54) is 24.3 Å². The van der Waals surface area contributed by atoms with E-state index in [1.54, 1.807) is 19.4 Å². The smallest absolute Gasteiger partial charge is 0.257 e. The Bertz CT molecular complexity index is 1250. The van der Waals surface area contributed by atoms with Gasteiger partial charge in [-0.2, -0.15) is 0 Å². The first-order valence-electron chi connectivity index (χ1n) is 12.2. The summed E-state index contributed by atoms with van der Waals surface area (Å²) in [4.78, 5) is 32.5. The van der Waals surface area contributed by atoms with Gasteiger partial charge in [0.15, 0.2) is 0 Å². The molecule has 2 unspecified atom stereocenters. The summed E-state index contributed by atoms with van der Waals surface area (Å²) in [6.45, 7) is 1.90. The fourth-order valence-electron chi connectivity index (χ4n) is 5.42. The molecule has 2 amide bonds. The van der Waals surface area contributed by atoms with Crippen molar-refractivity contribution in [2.75, 3.05) is 17.3 Å². The zero-order valence-electron chi connectivity index (χ0n) is 20.3. The number of hydrogen-bond acceptors (Lipinski definition) is 5. The van der Waals surface area contributed by atoms with Crippen molar-refractivity contribution in [3.05, 3.63) is 83.3 Å². The lowest BCUT2D eigenvalue weighted by molar-refractivity contribution is 0.0925. The van der Waals surface area contributed by atoms with Gasteiger partial charge in [0.2, 0.25) is 0 Å². The summed E-state index contributed by atoms with van der Waals surface area (Å²) in [6, 6.07) is 15.5. The fraction of sp³-hybridized carbons (Fsp3) is 0.321. The standard InChI is InChI=1S/C28H29FN4O3/c1-17-24(4-3-5-25(17)36-2)28(35)32-21-14-22-11-12-23(15-21)33(22)26-13-6-18(16-30-26)27(34)31-20-9-7-19(29)8-10-20/h3-10,13,16,21-23H,11-12,14-15H2,1-2H3,(H,31,34)(H,32,35). The molecule has 7 nitrogen and oxygen atoms in total. The third-order valence-electron chi connectivity index (χ3n) is 7.19. The van der Waals surface area contributed by atoms with Gasteiger partial charge in [0, 0.05) is 41.1 Å². The Balaban J connectivity index is 1.22. The van der Waals surface area contributed by atoms with Crippen molar-refractivity contribution in [3.63, 3.8) is 0 Å². The van der Waals surface area contributed by atoms with Crippen LogP contribution in [0.4, 0.5) is 15.9 Å². The summed E-state index contributed by atoms with van der Waals surface area (Å²) in [5, 5.41) is 5.99. The van der Waals surface area contributed by atoms with E-state index in [4.69, 9.17) is 4.74 Å². The molecule has 3 aromatic rings. The number of nitrogens with one attached hydrogen (secondary N) is 2. The first-order valence-corrected chi connectivity index (χ1v) is 12.2. The highest BCUT2D eigenvalue weighted by molar-refractivity contribution is 6.04. The van der Waals surface area contributed by atoms with E-state index < -0.39 is 0 Å². The normalized spacial score (nSPS) is 20.6. The van der Waals surface area contributed by atoms with Crippen molar-refractivity contribution in [3.8, 4) is 5.75 Å². The minimum atomic E-state index is -0.354. The zero-order chi connectivity index (χ0) is 25.2. The number of benzene rings is 2. The van der Waals surface area contributed by atoms with E-state index in [-0.39, 0.29) is 35.8 Å². The number of piperidine rings is 1. The van der Waals surface area contributed by atoms with Crippen LogP contribution in [0.1, 0.15) is 52.0 Å². The van der Waals surface area contributed by atoms with Crippen LogP contribution in [0, 0.1) is 12.7 Å². The topological polar surface area (TPSA) is 83.6 Å². The average Bonchev–Trinajstić information content (AvgIpc) is 3.15. The number of rotatable bonds is 6. The van der Waals surface area contributed by atoms with Gasteiger partial charge in [0.25, 0.3) is 11.8 Å². The zero-order valence-corrected chi connectivity index (χ0v) is 20.3. The second kappa shape index (κ2) is 9.97. The number of hydrogen-bond donors (Lipinski definition) is 2. The van der Waals surface area contributed by atoms with Crippen molar-refractivity contribution in [2.24, 2.45) is 0 Å². The number of ether oxygens (including phenoxy) is 1. The average molecular weight is 489 g/mol. The van der Waals surface area contributed by atoms with Crippen LogP contribution in [-0.2, 0) is 0 Å². The molecule has 2 atom stereocenters. The monoisotopic (exact) mass is 488 g/mol. The van der Waals surface area contributed by atoms with Gasteiger partial charge in [-0.1, -0.05) is 6.07 Å². The molecule has 2 aliphatic heterocycles. The molecule has 2 bridgehead atoms. The van der Waals surface area contributed by atoms with Crippen molar-refractivity contribution >= 4 is 23.3 Å². The quantitative estimate of drug-likeness (QED) is 0.525. The number of nitrogens with zero attached hydrogens (tertiary/aromatic N) is 2. The van der Waals surface area contributed by atoms with Crippen LogP contribution in [0.25, 0.3) is 0 Å². The molecular weight excluding hydrogens is 459 g/mol. The van der Waals surface area contributed by atoms with E-state index in [2.05, 4.69) is 20.5 Å². The molecule has 36 heavy (non-hydrogen) atoms. The highest BCUT2D eigenvalue weighted by Gasteiger charge is 2.42. The van der Waals surface area contributed by atoms with Gasteiger partial charge in [-0.15, -0.1) is 0 Å². The highest BCUT2D eigenvalue weighted by Crippen LogP contribution is 2.38. The van der Waals surface area contributed by atoms with Gasteiger partial charge in [0.05, 0.1) is 12.7 Å². The Hall–Kier alpha value is -3.94. The lowest BCUT2D eigenvalue weighted by atomic mass is 9.96. The summed E-state index contributed by atoms with van der Waals surface area (Å²) in [5.74, 6) is 0.830. The predicted octanol–water partition coefficient (Wildman–Crippen LogP) is 4.72. The maximum atomic E-state index is 13.1. The molecule has 8 heteroatoms. The van der Waals surface area contributed by atoms with Gasteiger partial charge in [-0.25, -0.2) is 9.37 Å². The van der Waals surface area contributed by atoms with E-state index in [9.17, 15) is 14.0 Å². The number of carbonyl (C=O) groups is 2. The minimum absolute atomic E-state index is 0.0705. The molecular formula is C28H29FN4O3. The summed E-state index contributed by atoms with van der Waals surface area (Å²) < 4.78 is 18.4. The van der Waals surface area contributed by atoms with Crippen LogP contribution < -0.4 is 20.3 Å². The van der Waals surface area contributed by atoms with Crippen LogP contribution >= 0.6 is 0 Å². The summed E-state index contributed by atoms with van der Waals surface area (Å²) in [5.41, 5.74) is 2.44. The molecule has 2 aliphatic rings. The molecule has 2 N–H and O–H groups in total. The van der Waals surface area contributed by atoms with E-state index >= 15 is 0 Å². The Morgan fingerprint density at radius 3 is 2.36 bits per heavy atom.